The number of fused-ring (bicyclic) bond motifs is 1. The molecule has 3 heterocycles. The van der Waals surface area contributed by atoms with E-state index in [2.05, 4.69) is 31.6 Å². The van der Waals surface area contributed by atoms with Crippen LogP contribution in [0.25, 0.3) is 0 Å². The molecule has 2 atom stereocenters. The number of halogens is 1. The molecule has 0 bridgehead atoms. The molecule has 0 radical (unpaired) electrons. The van der Waals surface area contributed by atoms with Crippen molar-refractivity contribution in [3.63, 3.8) is 0 Å². The van der Waals surface area contributed by atoms with Gasteiger partial charge in [-0.05, 0) is 67.2 Å². The molecule has 2 N–H and O–H groups in total. The normalized spacial score (nSPS) is 23.6. The summed E-state index contributed by atoms with van der Waals surface area (Å²) in [6, 6.07) is 6.05. The van der Waals surface area contributed by atoms with Crippen LogP contribution in [0.1, 0.15) is 41.6 Å². The maximum atomic E-state index is 11.6. The van der Waals surface area contributed by atoms with E-state index >= 15 is 0 Å². The van der Waals surface area contributed by atoms with Gasteiger partial charge in [0, 0.05) is 37.4 Å². The van der Waals surface area contributed by atoms with Crippen LogP contribution in [0.15, 0.2) is 30.6 Å². The van der Waals surface area contributed by atoms with Gasteiger partial charge in [0.1, 0.15) is 0 Å². The molecule has 29 heavy (non-hydrogen) atoms. The number of carbonyl (C=O) groups is 1. The Morgan fingerprint density at radius 2 is 2.00 bits per heavy atom. The van der Waals surface area contributed by atoms with Crippen molar-refractivity contribution >= 4 is 29.1 Å². The van der Waals surface area contributed by atoms with E-state index in [9.17, 15) is 4.79 Å². The Kier molecular flexibility index (Phi) is 5.04. The Labute approximate surface area is 176 Å². The van der Waals surface area contributed by atoms with Gasteiger partial charge in [0.2, 0.25) is 5.95 Å². The van der Waals surface area contributed by atoms with Crippen molar-refractivity contribution in [2.75, 3.05) is 29.9 Å². The molecular formula is C22H26ClN5O. The number of hydrogen-bond acceptors (Lipinski definition) is 5. The monoisotopic (exact) mass is 411 g/mol. The first kappa shape index (κ1) is 18.7. The highest BCUT2D eigenvalue weighted by atomic mass is 35.5. The summed E-state index contributed by atoms with van der Waals surface area (Å²) in [6.07, 6.45) is 8.40. The lowest BCUT2D eigenvalue weighted by molar-refractivity contribution is 0.0966. The molecule has 2 fully saturated rings. The predicted molar refractivity (Wildman–Crippen MR) is 114 cm³/mol. The van der Waals surface area contributed by atoms with Crippen molar-refractivity contribution < 1.29 is 4.79 Å². The summed E-state index contributed by atoms with van der Waals surface area (Å²) in [5, 5.41) is 7.00. The minimum Gasteiger partial charge on any atom is -0.385 e. The van der Waals surface area contributed by atoms with Crippen molar-refractivity contribution in [1.29, 1.82) is 0 Å². The second-order valence-electron chi connectivity index (χ2n) is 8.46. The second-order valence-corrected chi connectivity index (χ2v) is 8.89. The summed E-state index contributed by atoms with van der Waals surface area (Å²) in [5.41, 5.74) is 3.03. The van der Waals surface area contributed by atoms with Crippen molar-refractivity contribution in [2.24, 2.45) is 17.8 Å². The summed E-state index contributed by atoms with van der Waals surface area (Å²) in [6.45, 7) is 3.72. The molecule has 152 valence electrons. The largest absolute Gasteiger partial charge is 0.385 e. The summed E-state index contributed by atoms with van der Waals surface area (Å²) >= 11 is 5.89. The van der Waals surface area contributed by atoms with E-state index < -0.39 is 0 Å². The smallest absolute Gasteiger partial charge is 0.251 e. The van der Waals surface area contributed by atoms with Crippen LogP contribution in [0.2, 0.25) is 5.02 Å². The van der Waals surface area contributed by atoms with Gasteiger partial charge >= 0.3 is 0 Å². The fraction of sp³-hybridized carbons (Fsp3) is 0.500. The first-order valence-electron chi connectivity index (χ1n) is 10.5. The molecular weight excluding hydrogens is 386 g/mol. The summed E-state index contributed by atoms with van der Waals surface area (Å²) in [4.78, 5) is 22.6. The van der Waals surface area contributed by atoms with Gasteiger partial charge in [-0.2, -0.15) is 0 Å². The van der Waals surface area contributed by atoms with Gasteiger partial charge in [-0.15, -0.1) is 0 Å². The second kappa shape index (κ2) is 7.82. The first-order chi connectivity index (χ1) is 14.2. The lowest BCUT2D eigenvalue weighted by atomic mass is 9.90. The van der Waals surface area contributed by atoms with Crippen molar-refractivity contribution in [3.05, 3.63) is 46.7 Å². The lowest BCUT2D eigenvalue weighted by Gasteiger charge is -2.32. The summed E-state index contributed by atoms with van der Waals surface area (Å²) in [5.74, 6) is 3.41. The standard InChI is InChI=1S/C22H26ClN5O/c23-17-12-26-22(27-13-17)28-7-4-14(5-8-28)20-10-15(20)3-6-24-18-1-2-19-16(9-18)11-25-21(19)29/h1-2,9,12-15,20,24H,3-8,10-11H2,(H,25,29)/t15-,20?/m1/s1. The number of benzene rings is 1. The van der Waals surface area contributed by atoms with E-state index in [0.717, 1.165) is 60.2 Å². The Hall–Kier alpha value is -2.34. The maximum absolute atomic E-state index is 11.6. The van der Waals surface area contributed by atoms with Crippen LogP contribution in [0, 0.1) is 17.8 Å². The van der Waals surface area contributed by atoms with Gasteiger partial charge in [-0.3, -0.25) is 4.79 Å². The minimum absolute atomic E-state index is 0.0426. The number of carbonyl (C=O) groups excluding carboxylic acids is 1. The van der Waals surface area contributed by atoms with Crippen molar-refractivity contribution in [3.8, 4) is 0 Å². The Bertz CT molecular complexity index is 895. The van der Waals surface area contributed by atoms with E-state index in [0.29, 0.717) is 11.6 Å². The van der Waals surface area contributed by atoms with E-state index in [4.69, 9.17) is 11.6 Å². The summed E-state index contributed by atoms with van der Waals surface area (Å²) in [7, 11) is 0. The van der Waals surface area contributed by atoms with Crippen LogP contribution in [-0.4, -0.2) is 35.5 Å². The van der Waals surface area contributed by atoms with Gasteiger partial charge in [0.25, 0.3) is 5.91 Å². The number of piperidine rings is 1. The quantitative estimate of drug-likeness (QED) is 0.757. The molecule has 1 amide bonds. The van der Waals surface area contributed by atoms with Crippen LogP contribution in [0.5, 0.6) is 0 Å². The van der Waals surface area contributed by atoms with Crippen molar-refractivity contribution in [1.82, 2.24) is 15.3 Å². The highest BCUT2D eigenvalue weighted by molar-refractivity contribution is 6.30. The van der Waals surface area contributed by atoms with Crippen LogP contribution in [-0.2, 0) is 6.54 Å². The lowest BCUT2D eigenvalue weighted by Crippen LogP contribution is -2.35. The van der Waals surface area contributed by atoms with Crippen molar-refractivity contribution in [2.45, 2.75) is 32.2 Å². The third-order valence-corrected chi connectivity index (χ3v) is 6.84. The first-order valence-corrected chi connectivity index (χ1v) is 10.9. The fourth-order valence-corrected chi connectivity index (χ4v) is 5.02. The average molecular weight is 412 g/mol. The van der Waals surface area contributed by atoms with E-state index in [1.165, 1.54) is 25.7 Å². The van der Waals surface area contributed by atoms with E-state index in [-0.39, 0.29) is 5.91 Å². The number of aromatic nitrogens is 2. The number of anilines is 2. The molecule has 2 aliphatic heterocycles. The molecule has 1 aliphatic carbocycles. The van der Waals surface area contributed by atoms with Gasteiger partial charge in [-0.1, -0.05) is 11.6 Å². The highest BCUT2D eigenvalue weighted by Gasteiger charge is 2.43. The van der Waals surface area contributed by atoms with Crippen LogP contribution in [0.4, 0.5) is 11.6 Å². The highest BCUT2D eigenvalue weighted by Crippen LogP contribution is 2.49. The zero-order chi connectivity index (χ0) is 19.8. The van der Waals surface area contributed by atoms with E-state index in [1.807, 2.05) is 12.1 Å². The van der Waals surface area contributed by atoms with E-state index in [1.54, 1.807) is 12.4 Å². The molecule has 7 heteroatoms. The van der Waals surface area contributed by atoms with Gasteiger partial charge < -0.3 is 15.5 Å². The molecule has 1 unspecified atom stereocenters. The van der Waals surface area contributed by atoms with Gasteiger partial charge in [-0.25, -0.2) is 9.97 Å². The van der Waals surface area contributed by atoms with Gasteiger partial charge in [0.15, 0.2) is 0 Å². The molecule has 1 saturated heterocycles. The zero-order valence-electron chi connectivity index (χ0n) is 16.4. The minimum atomic E-state index is 0.0426. The molecule has 5 rings (SSSR count). The number of nitrogens with zero attached hydrogens (tertiary/aromatic N) is 3. The predicted octanol–water partition coefficient (Wildman–Crippen LogP) is 3.73. The van der Waals surface area contributed by atoms with Crippen LogP contribution in [0.3, 0.4) is 0 Å². The Morgan fingerprint density at radius 1 is 1.21 bits per heavy atom. The van der Waals surface area contributed by atoms with Crippen LogP contribution < -0.4 is 15.5 Å². The number of nitrogens with one attached hydrogen (secondary N) is 2. The average Bonchev–Trinajstić information content (AvgIpc) is 3.43. The fourth-order valence-electron chi connectivity index (χ4n) is 4.92. The molecule has 1 aromatic heterocycles. The number of rotatable bonds is 6. The number of amides is 1. The SMILES string of the molecule is O=C1NCc2cc(NCC[C@@H]3CC3C3CCN(c4ncc(Cl)cn4)CC3)ccc21. The third kappa shape index (κ3) is 4.04. The number of hydrogen-bond donors (Lipinski definition) is 2. The van der Waals surface area contributed by atoms with Crippen LogP contribution >= 0.6 is 11.6 Å². The Morgan fingerprint density at radius 3 is 2.79 bits per heavy atom. The topological polar surface area (TPSA) is 70.2 Å². The zero-order valence-corrected chi connectivity index (χ0v) is 17.2. The molecule has 6 nitrogen and oxygen atoms in total. The molecule has 3 aliphatic rings. The molecule has 0 spiro atoms. The molecule has 2 aromatic rings. The summed E-state index contributed by atoms with van der Waals surface area (Å²) < 4.78 is 0. The molecule has 1 aromatic carbocycles. The van der Waals surface area contributed by atoms with Gasteiger partial charge in [0.05, 0.1) is 17.4 Å². The molecule has 1 saturated carbocycles. The Balaban J connectivity index is 1.05. The third-order valence-electron chi connectivity index (χ3n) is 6.65. The maximum Gasteiger partial charge on any atom is 0.251 e.